The molecule has 0 saturated heterocycles. The zero-order valence-corrected chi connectivity index (χ0v) is 16.2. The van der Waals surface area contributed by atoms with E-state index in [4.69, 9.17) is 4.74 Å². The summed E-state index contributed by atoms with van der Waals surface area (Å²) in [6.45, 7) is 4.49. The van der Waals surface area contributed by atoms with Gasteiger partial charge in [-0.05, 0) is 88.0 Å². The Labute approximate surface area is 150 Å². The molecule has 0 heterocycles. The van der Waals surface area contributed by atoms with Crippen LogP contribution in [-0.2, 0) is 4.74 Å². The van der Waals surface area contributed by atoms with Gasteiger partial charge in [-0.2, -0.15) is 0 Å². The average Bonchev–Trinajstić information content (AvgIpc) is 2.64. The fraction of sp³-hybridized carbons (Fsp3) is 0.826. The molecule has 0 aliphatic heterocycles. The highest BCUT2D eigenvalue weighted by atomic mass is 16.5. The van der Waals surface area contributed by atoms with E-state index in [0.29, 0.717) is 6.10 Å². The van der Waals surface area contributed by atoms with Crippen LogP contribution in [0.5, 0.6) is 0 Å². The van der Waals surface area contributed by atoms with Gasteiger partial charge in [-0.3, -0.25) is 0 Å². The number of hydrogen-bond donors (Lipinski definition) is 0. The van der Waals surface area contributed by atoms with Crippen molar-refractivity contribution in [3.63, 3.8) is 0 Å². The maximum absolute atomic E-state index is 5.91. The lowest BCUT2D eigenvalue weighted by atomic mass is 9.70. The number of unbranched alkanes of at least 4 members (excludes halogenated alkanes) is 3. The Bertz CT molecular complexity index is 354. The van der Waals surface area contributed by atoms with E-state index in [1.165, 1.54) is 77.0 Å². The summed E-state index contributed by atoms with van der Waals surface area (Å²) in [5.41, 5.74) is 0. The summed E-state index contributed by atoms with van der Waals surface area (Å²) in [7, 11) is 0. The number of allylic oxidation sites excluding steroid dienone is 3. The highest BCUT2D eigenvalue weighted by Gasteiger charge is 2.30. The van der Waals surface area contributed by atoms with Crippen LogP contribution in [0.1, 0.15) is 97.3 Å². The molecule has 0 spiro atoms. The van der Waals surface area contributed by atoms with Gasteiger partial charge in [-0.15, -0.1) is 0 Å². The molecule has 0 N–H and O–H groups in total. The Hall–Kier alpha value is -0.720. The standard InChI is InChI=1S/C23H40O/c1-3-5-7-8-10-20-11-13-21(14-12-20)22-15-17-23(18-16-22)24-19-9-6-4-2/h8-10,19-23H,3-7,11-18H2,1-2H3. The quantitative estimate of drug-likeness (QED) is 0.242. The molecule has 138 valence electrons. The first-order valence-electron chi connectivity index (χ1n) is 10.8. The van der Waals surface area contributed by atoms with E-state index < -0.39 is 0 Å². The van der Waals surface area contributed by atoms with Crippen LogP contribution in [0, 0.1) is 17.8 Å². The minimum Gasteiger partial charge on any atom is -0.498 e. The van der Waals surface area contributed by atoms with Gasteiger partial charge in [0.05, 0.1) is 12.4 Å². The molecule has 2 aliphatic carbocycles. The normalized spacial score (nSPS) is 31.8. The molecule has 2 fully saturated rings. The van der Waals surface area contributed by atoms with E-state index in [1.54, 1.807) is 0 Å². The molecular weight excluding hydrogens is 292 g/mol. The fourth-order valence-corrected chi connectivity index (χ4v) is 4.52. The van der Waals surface area contributed by atoms with Crippen molar-refractivity contribution in [2.45, 2.75) is 103 Å². The largest absolute Gasteiger partial charge is 0.498 e. The molecule has 1 heteroatoms. The molecule has 2 rings (SSSR count). The predicted molar refractivity (Wildman–Crippen MR) is 105 cm³/mol. The Morgan fingerprint density at radius 1 is 0.750 bits per heavy atom. The van der Waals surface area contributed by atoms with Crippen molar-refractivity contribution >= 4 is 0 Å². The highest BCUT2D eigenvalue weighted by Crippen LogP contribution is 2.40. The summed E-state index contributed by atoms with van der Waals surface area (Å²) in [5.74, 6) is 2.86. The third-order valence-corrected chi connectivity index (χ3v) is 6.16. The molecule has 0 aromatic rings. The number of hydrogen-bond acceptors (Lipinski definition) is 1. The predicted octanol–water partition coefficient (Wildman–Crippen LogP) is 7.43. The molecule has 1 nitrogen and oxygen atoms in total. The van der Waals surface area contributed by atoms with Crippen molar-refractivity contribution in [1.29, 1.82) is 0 Å². The van der Waals surface area contributed by atoms with Gasteiger partial charge in [0.25, 0.3) is 0 Å². The zero-order valence-electron chi connectivity index (χ0n) is 16.2. The topological polar surface area (TPSA) is 9.23 Å². The lowest BCUT2D eigenvalue weighted by Crippen LogP contribution is -2.27. The molecule has 24 heavy (non-hydrogen) atoms. The second-order valence-electron chi connectivity index (χ2n) is 8.08. The van der Waals surface area contributed by atoms with E-state index in [-0.39, 0.29) is 0 Å². The van der Waals surface area contributed by atoms with Crippen molar-refractivity contribution in [3.05, 3.63) is 24.5 Å². The van der Waals surface area contributed by atoms with E-state index >= 15 is 0 Å². The first-order valence-corrected chi connectivity index (χ1v) is 10.8. The Morgan fingerprint density at radius 3 is 2.04 bits per heavy atom. The Balaban J connectivity index is 1.61. The van der Waals surface area contributed by atoms with Crippen molar-refractivity contribution in [3.8, 4) is 0 Å². The maximum atomic E-state index is 5.91. The van der Waals surface area contributed by atoms with Crippen LogP contribution < -0.4 is 0 Å². The number of ether oxygens (including phenoxy) is 1. The lowest BCUT2D eigenvalue weighted by Gasteiger charge is -2.37. The van der Waals surface area contributed by atoms with Crippen LogP contribution in [0.3, 0.4) is 0 Å². The van der Waals surface area contributed by atoms with E-state index in [1.807, 2.05) is 6.26 Å². The Morgan fingerprint density at radius 2 is 1.42 bits per heavy atom. The summed E-state index contributed by atoms with van der Waals surface area (Å²) >= 11 is 0. The van der Waals surface area contributed by atoms with Gasteiger partial charge in [0.15, 0.2) is 0 Å². The van der Waals surface area contributed by atoms with E-state index in [0.717, 1.165) is 24.2 Å². The molecule has 0 unspecified atom stereocenters. The molecule has 0 radical (unpaired) electrons. The van der Waals surface area contributed by atoms with Gasteiger partial charge in [-0.1, -0.05) is 45.3 Å². The highest BCUT2D eigenvalue weighted by molar-refractivity contribution is 4.92. The minimum absolute atomic E-state index is 0.493. The van der Waals surface area contributed by atoms with Gasteiger partial charge in [0.1, 0.15) is 0 Å². The molecule has 2 aliphatic rings. The smallest absolute Gasteiger partial charge is 0.0978 e. The van der Waals surface area contributed by atoms with E-state index in [2.05, 4.69) is 32.1 Å². The molecule has 0 aromatic carbocycles. The summed E-state index contributed by atoms with van der Waals surface area (Å²) in [6.07, 6.45) is 27.1. The fourth-order valence-electron chi connectivity index (χ4n) is 4.52. The van der Waals surface area contributed by atoms with Crippen LogP contribution in [0.4, 0.5) is 0 Å². The Kier molecular flexibility index (Phi) is 9.61. The minimum atomic E-state index is 0.493. The van der Waals surface area contributed by atoms with Gasteiger partial charge in [-0.25, -0.2) is 0 Å². The summed E-state index contributed by atoms with van der Waals surface area (Å²) in [6, 6.07) is 0. The van der Waals surface area contributed by atoms with Crippen LogP contribution in [0.25, 0.3) is 0 Å². The third kappa shape index (κ3) is 7.03. The monoisotopic (exact) mass is 332 g/mol. The van der Waals surface area contributed by atoms with Gasteiger partial charge in [0.2, 0.25) is 0 Å². The molecule has 2 saturated carbocycles. The summed E-state index contributed by atoms with van der Waals surface area (Å²) in [5, 5.41) is 0. The van der Waals surface area contributed by atoms with Crippen LogP contribution >= 0.6 is 0 Å². The van der Waals surface area contributed by atoms with Gasteiger partial charge in [0, 0.05) is 0 Å². The zero-order chi connectivity index (χ0) is 17.0. The van der Waals surface area contributed by atoms with Crippen molar-refractivity contribution < 1.29 is 4.74 Å². The average molecular weight is 333 g/mol. The summed E-state index contributed by atoms with van der Waals surface area (Å²) in [4.78, 5) is 0. The molecule has 0 bridgehead atoms. The number of rotatable bonds is 9. The first-order chi connectivity index (χ1) is 11.8. The van der Waals surface area contributed by atoms with Gasteiger partial charge >= 0.3 is 0 Å². The van der Waals surface area contributed by atoms with Crippen LogP contribution in [-0.4, -0.2) is 6.10 Å². The van der Waals surface area contributed by atoms with Crippen LogP contribution in [0.2, 0.25) is 0 Å². The van der Waals surface area contributed by atoms with E-state index in [9.17, 15) is 0 Å². The lowest BCUT2D eigenvalue weighted by molar-refractivity contribution is 0.0649. The second-order valence-corrected chi connectivity index (χ2v) is 8.08. The van der Waals surface area contributed by atoms with Crippen molar-refractivity contribution in [2.75, 3.05) is 0 Å². The van der Waals surface area contributed by atoms with Crippen LogP contribution in [0.15, 0.2) is 24.5 Å². The molecule has 0 aromatic heterocycles. The maximum Gasteiger partial charge on any atom is 0.0978 e. The van der Waals surface area contributed by atoms with Crippen molar-refractivity contribution in [2.24, 2.45) is 17.8 Å². The molecular formula is C23H40O. The molecule has 0 atom stereocenters. The summed E-state index contributed by atoms with van der Waals surface area (Å²) < 4.78 is 5.91. The molecule has 0 amide bonds. The first kappa shape index (κ1) is 19.6. The van der Waals surface area contributed by atoms with Gasteiger partial charge < -0.3 is 4.74 Å². The van der Waals surface area contributed by atoms with Crippen molar-refractivity contribution in [1.82, 2.24) is 0 Å². The SMILES string of the molecule is CCCC=COC1CCC(C2CCC(C=CCCCC)CC2)CC1. The third-order valence-electron chi connectivity index (χ3n) is 6.16. The second kappa shape index (κ2) is 11.8.